The Morgan fingerprint density at radius 2 is 1.93 bits per heavy atom. The molecule has 2 nitrogen and oxygen atoms in total. The standard InChI is InChI=1S/C8H10F3NO.C2H6/c1-6-2-4-12(5-3-6)7(13)8(9,10)11;1-2/h2H,3-5H2,1H3;1-2H3. The third kappa shape index (κ3) is 4.36. The Morgan fingerprint density at radius 3 is 2.27 bits per heavy atom. The lowest BCUT2D eigenvalue weighted by Crippen LogP contribution is -2.43. The molecular weight excluding hydrogens is 207 g/mol. The minimum absolute atomic E-state index is 0.0736. The van der Waals surface area contributed by atoms with Gasteiger partial charge in [-0.05, 0) is 13.3 Å². The molecular formula is C10H16F3NO. The molecule has 1 rings (SSSR count). The molecule has 0 aromatic heterocycles. The second-order valence-corrected chi connectivity index (χ2v) is 3.05. The molecule has 0 N–H and O–H groups in total. The highest BCUT2D eigenvalue weighted by atomic mass is 19.4. The number of halogens is 3. The summed E-state index contributed by atoms with van der Waals surface area (Å²) in [5.41, 5.74) is 1.03. The first-order valence-corrected chi connectivity index (χ1v) is 4.93. The molecule has 0 atom stereocenters. The van der Waals surface area contributed by atoms with Crippen LogP contribution in [0.2, 0.25) is 0 Å². The van der Waals surface area contributed by atoms with Gasteiger partial charge in [-0.3, -0.25) is 4.79 Å². The van der Waals surface area contributed by atoms with Crippen molar-refractivity contribution in [3.63, 3.8) is 0 Å². The summed E-state index contributed by atoms with van der Waals surface area (Å²) in [5.74, 6) is -1.74. The number of nitrogens with zero attached hydrogens (tertiary/aromatic N) is 1. The normalized spacial score (nSPS) is 16.4. The van der Waals surface area contributed by atoms with Crippen molar-refractivity contribution in [3.05, 3.63) is 11.6 Å². The minimum Gasteiger partial charge on any atom is -0.331 e. The molecule has 1 heterocycles. The molecule has 0 fully saturated rings. The van der Waals surface area contributed by atoms with Crippen molar-refractivity contribution in [2.45, 2.75) is 33.4 Å². The second-order valence-electron chi connectivity index (χ2n) is 3.05. The van der Waals surface area contributed by atoms with Crippen molar-refractivity contribution >= 4 is 5.91 Å². The topological polar surface area (TPSA) is 20.3 Å². The molecule has 15 heavy (non-hydrogen) atoms. The largest absolute Gasteiger partial charge is 0.471 e. The van der Waals surface area contributed by atoms with E-state index in [2.05, 4.69) is 0 Å². The smallest absolute Gasteiger partial charge is 0.331 e. The Labute approximate surface area is 87.8 Å². The average Bonchev–Trinajstić information content (AvgIpc) is 2.20. The van der Waals surface area contributed by atoms with Gasteiger partial charge in [-0.25, -0.2) is 0 Å². The van der Waals surface area contributed by atoms with Crippen molar-refractivity contribution in [3.8, 4) is 0 Å². The maximum atomic E-state index is 11.9. The summed E-state index contributed by atoms with van der Waals surface area (Å²) >= 11 is 0. The first kappa shape index (κ1) is 14.0. The maximum Gasteiger partial charge on any atom is 0.471 e. The summed E-state index contributed by atoms with van der Waals surface area (Å²) in [7, 11) is 0. The predicted octanol–water partition coefficient (Wildman–Crippen LogP) is 2.75. The van der Waals surface area contributed by atoms with Crippen molar-refractivity contribution in [2.75, 3.05) is 13.1 Å². The summed E-state index contributed by atoms with van der Waals surface area (Å²) in [6.07, 6.45) is -2.56. The Balaban J connectivity index is 0.000000921. The van der Waals surface area contributed by atoms with Crippen LogP contribution in [-0.4, -0.2) is 30.1 Å². The zero-order valence-corrected chi connectivity index (χ0v) is 9.19. The van der Waals surface area contributed by atoms with E-state index in [1.807, 2.05) is 20.8 Å². The van der Waals surface area contributed by atoms with Crippen LogP contribution in [0.25, 0.3) is 0 Å². The lowest BCUT2D eigenvalue weighted by Gasteiger charge is -2.26. The van der Waals surface area contributed by atoms with Gasteiger partial charge in [0.2, 0.25) is 0 Å². The molecule has 0 aliphatic carbocycles. The molecule has 1 aliphatic rings. The van der Waals surface area contributed by atoms with Gasteiger partial charge in [0.25, 0.3) is 0 Å². The van der Waals surface area contributed by atoms with Gasteiger partial charge in [-0.1, -0.05) is 25.5 Å². The lowest BCUT2D eigenvalue weighted by atomic mass is 10.1. The van der Waals surface area contributed by atoms with Gasteiger partial charge in [-0.2, -0.15) is 13.2 Å². The van der Waals surface area contributed by atoms with E-state index in [1.54, 1.807) is 6.08 Å². The second kappa shape index (κ2) is 5.78. The van der Waals surface area contributed by atoms with E-state index in [4.69, 9.17) is 0 Å². The van der Waals surface area contributed by atoms with Gasteiger partial charge in [-0.15, -0.1) is 0 Å². The molecule has 0 radical (unpaired) electrons. The maximum absolute atomic E-state index is 11.9. The van der Waals surface area contributed by atoms with Gasteiger partial charge >= 0.3 is 12.1 Å². The summed E-state index contributed by atoms with van der Waals surface area (Å²) < 4.78 is 35.8. The molecule has 0 aromatic rings. The Bertz CT molecular complexity index is 246. The number of rotatable bonds is 0. The lowest BCUT2D eigenvalue weighted by molar-refractivity contribution is -0.185. The quantitative estimate of drug-likeness (QED) is 0.578. The summed E-state index contributed by atoms with van der Waals surface area (Å²) in [5, 5.41) is 0. The summed E-state index contributed by atoms with van der Waals surface area (Å²) in [6.45, 7) is 6.08. The molecule has 5 heteroatoms. The molecule has 0 bridgehead atoms. The van der Waals surface area contributed by atoms with E-state index in [0.717, 1.165) is 10.5 Å². The van der Waals surface area contributed by atoms with Crippen molar-refractivity contribution in [1.82, 2.24) is 4.90 Å². The highest BCUT2D eigenvalue weighted by Crippen LogP contribution is 2.20. The monoisotopic (exact) mass is 223 g/mol. The van der Waals surface area contributed by atoms with E-state index < -0.39 is 12.1 Å². The predicted molar refractivity (Wildman–Crippen MR) is 52.4 cm³/mol. The van der Waals surface area contributed by atoms with Gasteiger partial charge in [0, 0.05) is 13.1 Å². The molecule has 0 unspecified atom stereocenters. The SMILES string of the molecule is CC.CC1=CCN(C(=O)C(F)(F)F)CC1. The molecule has 0 spiro atoms. The zero-order valence-electron chi connectivity index (χ0n) is 9.19. The van der Waals surface area contributed by atoms with Crippen molar-refractivity contribution < 1.29 is 18.0 Å². The minimum atomic E-state index is -4.74. The fourth-order valence-electron chi connectivity index (χ4n) is 1.13. The van der Waals surface area contributed by atoms with Crippen LogP contribution in [-0.2, 0) is 4.79 Å². The molecule has 1 amide bonds. The molecule has 0 aromatic carbocycles. The van der Waals surface area contributed by atoms with E-state index in [9.17, 15) is 18.0 Å². The zero-order chi connectivity index (χ0) is 12.1. The first-order chi connectivity index (χ1) is 6.91. The Kier molecular flexibility index (Phi) is 5.39. The van der Waals surface area contributed by atoms with Crippen LogP contribution in [0.1, 0.15) is 27.2 Å². The summed E-state index contributed by atoms with van der Waals surface area (Å²) in [6, 6.07) is 0. The highest BCUT2D eigenvalue weighted by molar-refractivity contribution is 5.82. The number of hydrogen-bond acceptors (Lipinski definition) is 1. The van der Waals surface area contributed by atoms with Gasteiger partial charge in [0.1, 0.15) is 0 Å². The van der Waals surface area contributed by atoms with Gasteiger partial charge < -0.3 is 4.90 Å². The number of carbonyl (C=O) groups excluding carboxylic acids is 1. The first-order valence-electron chi connectivity index (χ1n) is 4.93. The number of hydrogen-bond donors (Lipinski definition) is 0. The van der Waals surface area contributed by atoms with Crippen LogP contribution >= 0.6 is 0 Å². The molecule has 88 valence electrons. The van der Waals surface area contributed by atoms with Gasteiger partial charge in [0.05, 0.1) is 0 Å². The van der Waals surface area contributed by atoms with E-state index in [-0.39, 0.29) is 13.1 Å². The average molecular weight is 223 g/mol. The third-order valence-electron chi connectivity index (χ3n) is 1.97. The number of alkyl halides is 3. The number of carbonyl (C=O) groups is 1. The van der Waals surface area contributed by atoms with E-state index in [1.165, 1.54) is 0 Å². The van der Waals surface area contributed by atoms with Crippen LogP contribution in [0.15, 0.2) is 11.6 Å². The van der Waals surface area contributed by atoms with Crippen LogP contribution in [0, 0.1) is 0 Å². The van der Waals surface area contributed by atoms with Crippen LogP contribution in [0.3, 0.4) is 0 Å². The van der Waals surface area contributed by atoms with E-state index in [0.29, 0.717) is 6.42 Å². The fraction of sp³-hybridized carbons (Fsp3) is 0.700. The van der Waals surface area contributed by atoms with Crippen molar-refractivity contribution in [1.29, 1.82) is 0 Å². The summed E-state index contributed by atoms with van der Waals surface area (Å²) in [4.78, 5) is 11.5. The van der Waals surface area contributed by atoms with Crippen molar-refractivity contribution in [2.24, 2.45) is 0 Å². The number of amides is 1. The van der Waals surface area contributed by atoms with E-state index >= 15 is 0 Å². The van der Waals surface area contributed by atoms with Crippen LogP contribution in [0.4, 0.5) is 13.2 Å². The Morgan fingerprint density at radius 1 is 1.40 bits per heavy atom. The van der Waals surface area contributed by atoms with Crippen LogP contribution < -0.4 is 0 Å². The fourth-order valence-corrected chi connectivity index (χ4v) is 1.13. The van der Waals surface area contributed by atoms with Crippen LogP contribution in [0.5, 0.6) is 0 Å². The Hall–Kier alpha value is -1.00. The highest BCUT2D eigenvalue weighted by Gasteiger charge is 2.42. The third-order valence-corrected chi connectivity index (χ3v) is 1.97. The molecule has 0 saturated heterocycles. The molecule has 0 saturated carbocycles. The van der Waals surface area contributed by atoms with Gasteiger partial charge in [0.15, 0.2) is 0 Å². The molecule has 1 aliphatic heterocycles.